The van der Waals surface area contributed by atoms with Crippen LogP contribution in [0, 0.1) is 5.92 Å². The lowest BCUT2D eigenvalue weighted by Crippen LogP contribution is -2.48. The average Bonchev–Trinajstić information content (AvgIpc) is 3.04. The minimum absolute atomic E-state index is 0.0256. The number of hydrogen-bond acceptors (Lipinski definition) is 8. The van der Waals surface area contributed by atoms with Crippen molar-refractivity contribution in [1.29, 1.82) is 0 Å². The number of carbonyl (C=O) groups excluding carboxylic acids is 2. The zero-order valence-corrected chi connectivity index (χ0v) is 27.7. The van der Waals surface area contributed by atoms with Crippen LogP contribution in [0.25, 0.3) is 0 Å². The predicted octanol–water partition coefficient (Wildman–Crippen LogP) is 5.48. The first-order chi connectivity index (χ1) is 22.3. The summed E-state index contributed by atoms with van der Waals surface area (Å²) >= 11 is 0. The van der Waals surface area contributed by atoms with Gasteiger partial charge in [0.1, 0.15) is 6.04 Å². The SMILES string of the molecule is CCOC(=O)C1CCCCN1S(=O)(=O)c1ccc(C(F)(F)F)cc1.CCOC(=O)C1CCCN(S(=O)(=O)c2ccc(C(F)(F)F)cc2)C1. The molecule has 0 N–H and O–H groups in total. The van der Waals surface area contributed by atoms with E-state index in [-0.39, 0.29) is 42.6 Å². The molecule has 2 atom stereocenters. The molecule has 10 nitrogen and oxygen atoms in total. The minimum Gasteiger partial charge on any atom is -0.466 e. The summed E-state index contributed by atoms with van der Waals surface area (Å²) in [4.78, 5) is 23.3. The number of benzene rings is 2. The first kappa shape index (κ1) is 39.2. The molecule has 0 bridgehead atoms. The van der Waals surface area contributed by atoms with Gasteiger partial charge in [-0.1, -0.05) is 0 Å². The van der Waals surface area contributed by atoms with E-state index in [0.717, 1.165) is 57.1 Å². The van der Waals surface area contributed by atoms with E-state index in [9.17, 15) is 52.8 Å². The van der Waals surface area contributed by atoms with Gasteiger partial charge in [-0.3, -0.25) is 9.59 Å². The molecule has 2 aromatic rings. The summed E-state index contributed by atoms with van der Waals surface area (Å²) in [6.45, 7) is 3.95. The lowest BCUT2D eigenvalue weighted by molar-refractivity contribution is -0.149. The molecular formula is C30H36F6N2O8S2. The Morgan fingerprint density at radius 3 is 1.65 bits per heavy atom. The smallest absolute Gasteiger partial charge is 0.416 e. The number of esters is 2. The van der Waals surface area contributed by atoms with E-state index in [0.29, 0.717) is 32.1 Å². The molecule has 0 radical (unpaired) electrons. The molecule has 0 aromatic heterocycles. The highest BCUT2D eigenvalue weighted by molar-refractivity contribution is 7.89. The molecule has 0 aliphatic carbocycles. The van der Waals surface area contributed by atoms with E-state index in [1.807, 2.05) is 0 Å². The molecule has 2 aliphatic rings. The van der Waals surface area contributed by atoms with Gasteiger partial charge in [0.25, 0.3) is 0 Å². The largest absolute Gasteiger partial charge is 0.466 e. The summed E-state index contributed by atoms with van der Waals surface area (Å²) in [5.41, 5.74) is -1.84. The molecule has 0 amide bonds. The number of nitrogens with zero attached hydrogens (tertiary/aromatic N) is 2. The Balaban J connectivity index is 0.000000260. The van der Waals surface area contributed by atoms with Crippen LogP contribution in [0.5, 0.6) is 0 Å². The summed E-state index contributed by atoms with van der Waals surface area (Å²) in [5, 5.41) is 0. The highest BCUT2D eigenvalue weighted by Gasteiger charge is 2.39. The summed E-state index contributed by atoms with van der Waals surface area (Å²) in [7, 11) is -8.02. The summed E-state index contributed by atoms with van der Waals surface area (Å²) < 4.78 is 138. The van der Waals surface area contributed by atoms with E-state index >= 15 is 0 Å². The van der Waals surface area contributed by atoms with Crippen LogP contribution in [0.4, 0.5) is 26.3 Å². The van der Waals surface area contributed by atoms with Gasteiger partial charge in [0.15, 0.2) is 0 Å². The van der Waals surface area contributed by atoms with Crippen LogP contribution >= 0.6 is 0 Å². The number of halogens is 6. The normalized spacial score (nSPS) is 19.9. The van der Waals surface area contributed by atoms with Crippen LogP contribution in [0.3, 0.4) is 0 Å². The minimum atomic E-state index is -4.54. The first-order valence-corrected chi connectivity index (χ1v) is 17.9. The zero-order valence-electron chi connectivity index (χ0n) is 26.1. The predicted molar refractivity (Wildman–Crippen MR) is 159 cm³/mol. The van der Waals surface area contributed by atoms with Gasteiger partial charge in [-0.25, -0.2) is 16.8 Å². The molecule has 0 saturated carbocycles. The number of ether oxygens (including phenoxy) is 2. The van der Waals surface area contributed by atoms with Crippen molar-refractivity contribution >= 4 is 32.0 Å². The molecule has 268 valence electrons. The maximum Gasteiger partial charge on any atom is 0.416 e. The molecule has 2 unspecified atom stereocenters. The van der Waals surface area contributed by atoms with Gasteiger partial charge in [-0.2, -0.15) is 35.0 Å². The monoisotopic (exact) mass is 730 g/mol. The van der Waals surface area contributed by atoms with Gasteiger partial charge >= 0.3 is 24.3 Å². The molecule has 2 fully saturated rings. The summed E-state index contributed by atoms with van der Waals surface area (Å²) in [6, 6.07) is 5.67. The maximum atomic E-state index is 12.7. The van der Waals surface area contributed by atoms with Crippen LogP contribution < -0.4 is 0 Å². The molecule has 2 aliphatic heterocycles. The second kappa shape index (κ2) is 16.0. The lowest BCUT2D eigenvalue weighted by Gasteiger charge is -2.32. The van der Waals surface area contributed by atoms with Crippen molar-refractivity contribution in [2.75, 3.05) is 32.8 Å². The van der Waals surface area contributed by atoms with Crippen LogP contribution in [0.15, 0.2) is 58.3 Å². The third-order valence-corrected chi connectivity index (χ3v) is 11.4. The highest BCUT2D eigenvalue weighted by Crippen LogP contribution is 2.33. The van der Waals surface area contributed by atoms with Gasteiger partial charge in [0.2, 0.25) is 20.0 Å². The van der Waals surface area contributed by atoms with Crippen molar-refractivity contribution in [3.63, 3.8) is 0 Å². The zero-order chi connectivity index (χ0) is 35.9. The van der Waals surface area contributed by atoms with Crippen molar-refractivity contribution in [3.8, 4) is 0 Å². The average molecular weight is 731 g/mol. The first-order valence-electron chi connectivity index (χ1n) is 15.0. The third-order valence-electron chi connectivity index (χ3n) is 7.62. The maximum absolute atomic E-state index is 12.7. The summed E-state index contributed by atoms with van der Waals surface area (Å²) in [5.74, 6) is -1.64. The second-order valence-electron chi connectivity index (χ2n) is 10.9. The highest BCUT2D eigenvalue weighted by atomic mass is 32.2. The molecule has 2 saturated heterocycles. The van der Waals surface area contributed by atoms with Gasteiger partial charge in [-0.15, -0.1) is 0 Å². The quantitative estimate of drug-likeness (QED) is 0.258. The van der Waals surface area contributed by atoms with E-state index in [2.05, 4.69) is 0 Å². The number of piperidine rings is 2. The van der Waals surface area contributed by atoms with Crippen molar-refractivity contribution in [3.05, 3.63) is 59.7 Å². The summed E-state index contributed by atoms with van der Waals surface area (Å²) in [6.07, 6.45) is -6.46. The van der Waals surface area contributed by atoms with Gasteiger partial charge in [0.05, 0.1) is 40.0 Å². The van der Waals surface area contributed by atoms with E-state index in [4.69, 9.17) is 9.47 Å². The number of hydrogen-bond donors (Lipinski definition) is 0. The Morgan fingerprint density at radius 1 is 0.688 bits per heavy atom. The lowest BCUT2D eigenvalue weighted by atomic mass is 10.0. The van der Waals surface area contributed by atoms with Crippen LogP contribution in [-0.2, 0) is 51.5 Å². The molecule has 4 rings (SSSR count). The molecule has 2 aromatic carbocycles. The Bertz CT molecular complexity index is 1610. The van der Waals surface area contributed by atoms with E-state index in [1.54, 1.807) is 13.8 Å². The molecule has 0 spiro atoms. The van der Waals surface area contributed by atoms with Crippen LogP contribution in [-0.4, -0.2) is 76.3 Å². The van der Waals surface area contributed by atoms with Crippen LogP contribution in [0.2, 0.25) is 0 Å². The topological polar surface area (TPSA) is 127 Å². The standard InChI is InChI=1S/2C15H18F3NO4S/c1-2-23-14(20)11-4-3-9-19(10-11)24(21,22)13-7-5-12(6-8-13)15(16,17)18;1-2-23-14(20)13-5-3-4-10-19(13)24(21,22)12-8-6-11(7-9-12)15(16,17)18/h5-8,11H,2-4,9-10H2,1H3;6-9,13H,2-5,10H2,1H3. The van der Waals surface area contributed by atoms with Crippen molar-refractivity contribution < 1.29 is 62.2 Å². The Hall–Kier alpha value is -3.22. The number of alkyl halides is 6. The fourth-order valence-corrected chi connectivity index (χ4v) is 8.37. The van der Waals surface area contributed by atoms with Crippen LogP contribution in [0.1, 0.15) is 57.1 Å². The molecule has 48 heavy (non-hydrogen) atoms. The second-order valence-corrected chi connectivity index (χ2v) is 14.7. The molecule has 18 heteroatoms. The Labute approximate surface area is 275 Å². The van der Waals surface area contributed by atoms with Crippen molar-refractivity contribution in [1.82, 2.24) is 8.61 Å². The Kier molecular flexibility index (Phi) is 13.1. The van der Waals surface area contributed by atoms with Crippen molar-refractivity contribution in [2.24, 2.45) is 5.92 Å². The van der Waals surface area contributed by atoms with Gasteiger partial charge in [-0.05, 0) is 94.5 Å². The van der Waals surface area contributed by atoms with Gasteiger partial charge < -0.3 is 9.47 Å². The Morgan fingerprint density at radius 2 is 1.17 bits per heavy atom. The van der Waals surface area contributed by atoms with Gasteiger partial charge in [0, 0.05) is 19.6 Å². The fraction of sp³-hybridized carbons (Fsp3) is 0.533. The van der Waals surface area contributed by atoms with E-state index < -0.39 is 67.4 Å². The van der Waals surface area contributed by atoms with E-state index in [1.165, 1.54) is 0 Å². The number of sulfonamides is 2. The number of carbonyl (C=O) groups is 2. The van der Waals surface area contributed by atoms with Crippen molar-refractivity contribution in [2.45, 2.75) is 74.1 Å². The fourth-order valence-electron chi connectivity index (χ4n) is 5.20. The molecule has 2 heterocycles. The third kappa shape index (κ3) is 9.69. The number of rotatable bonds is 8. The molecular weight excluding hydrogens is 694 g/mol.